The molecule has 0 aliphatic carbocycles. The van der Waals surface area contributed by atoms with Crippen molar-refractivity contribution in [1.29, 1.82) is 0 Å². The van der Waals surface area contributed by atoms with Crippen molar-refractivity contribution in [2.24, 2.45) is 0 Å². The highest BCUT2D eigenvalue weighted by molar-refractivity contribution is 6.03. The van der Waals surface area contributed by atoms with Crippen LogP contribution in [-0.2, 0) is 11.3 Å². The molecule has 0 spiro atoms. The van der Waals surface area contributed by atoms with Crippen molar-refractivity contribution in [3.63, 3.8) is 0 Å². The van der Waals surface area contributed by atoms with E-state index in [-0.39, 0.29) is 57.9 Å². The fraction of sp³-hybridized carbons (Fsp3) is 0.231. The molecule has 4 aromatic rings. The zero-order valence-corrected chi connectivity index (χ0v) is 20.2. The fourth-order valence-electron chi connectivity index (χ4n) is 4.61. The lowest BCUT2D eigenvalue weighted by atomic mass is 9.92. The van der Waals surface area contributed by atoms with Gasteiger partial charge in [0.05, 0.1) is 25.4 Å². The Morgan fingerprint density at radius 2 is 1.89 bits per heavy atom. The standard InChI is InChI=1S/C26H22F3N5O4/c1-38-22-12-20(28)19(27)10-17(22)16-9-15(24(29)25-18(16)11-21(31-25)26(36)37)14-3-2-6-33(13-14)23(35)4-7-34-8-5-30-32-34/h3,5,8-12,31H,2,4,6-7,13H2,1H3,(H,36,37). The number of fused-ring (bicyclic) bond motifs is 1. The minimum atomic E-state index is -1.31. The van der Waals surface area contributed by atoms with Gasteiger partial charge in [0.1, 0.15) is 11.4 Å². The molecule has 2 N–H and O–H groups in total. The van der Waals surface area contributed by atoms with E-state index in [1.165, 1.54) is 25.4 Å². The van der Waals surface area contributed by atoms with Crippen molar-refractivity contribution in [2.45, 2.75) is 19.4 Å². The average Bonchev–Trinajstić information content (AvgIpc) is 3.60. The lowest BCUT2D eigenvalue weighted by molar-refractivity contribution is -0.131. The van der Waals surface area contributed by atoms with Crippen molar-refractivity contribution in [3.05, 3.63) is 71.4 Å². The maximum atomic E-state index is 15.9. The first-order chi connectivity index (χ1) is 18.3. The number of aromatic carboxylic acids is 1. The molecule has 0 unspecified atom stereocenters. The molecule has 1 aliphatic heterocycles. The number of amides is 1. The SMILES string of the molecule is COc1cc(F)c(F)cc1-c1cc(C2=CCCN(C(=O)CCn3ccnn3)C2)c(F)c2[nH]c(C(=O)O)cc12. The summed E-state index contributed by atoms with van der Waals surface area (Å²) in [6.45, 7) is 0.897. The maximum absolute atomic E-state index is 15.9. The molecule has 1 aliphatic rings. The number of hydrogen-bond donors (Lipinski definition) is 2. The van der Waals surface area contributed by atoms with Crippen LogP contribution in [0.4, 0.5) is 13.2 Å². The van der Waals surface area contributed by atoms with Crippen molar-refractivity contribution in [2.75, 3.05) is 20.2 Å². The molecular formula is C26H22F3N5O4. The first-order valence-corrected chi connectivity index (χ1v) is 11.7. The molecule has 3 heterocycles. The summed E-state index contributed by atoms with van der Waals surface area (Å²) in [6, 6.07) is 4.48. The second-order valence-electron chi connectivity index (χ2n) is 8.78. The first-order valence-electron chi connectivity index (χ1n) is 11.7. The van der Waals surface area contributed by atoms with Gasteiger partial charge in [0.15, 0.2) is 17.5 Å². The van der Waals surface area contributed by atoms with Crippen LogP contribution < -0.4 is 4.74 Å². The summed E-state index contributed by atoms with van der Waals surface area (Å²) in [5, 5.41) is 17.2. The highest BCUT2D eigenvalue weighted by Gasteiger charge is 2.26. The lowest BCUT2D eigenvalue weighted by Crippen LogP contribution is -2.36. The Kier molecular flexibility index (Phi) is 6.62. The summed E-state index contributed by atoms with van der Waals surface area (Å²) in [6.07, 6.45) is 5.61. The third kappa shape index (κ3) is 4.60. The van der Waals surface area contributed by atoms with E-state index in [0.717, 1.165) is 12.1 Å². The molecule has 2 aromatic heterocycles. The van der Waals surface area contributed by atoms with E-state index in [1.807, 2.05) is 0 Å². The van der Waals surface area contributed by atoms with Crippen LogP contribution in [-0.4, -0.2) is 62.1 Å². The van der Waals surface area contributed by atoms with Gasteiger partial charge in [0, 0.05) is 48.3 Å². The van der Waals surface area contributed by atoms with Crippen molar-refractivity contribution in [3.8, 4) is 16.9 Å². The van der Waals surface area contributed by atoms with Gasteiger partial charge in [-0.1, -0.05) is 11.3 Å². The zero-order chi connectivity index (χ0) is 27.0. The van der Waals surface area contributed by atoms with Gasteiger partial charge in [-0.25, -0.2) is 18.0 Å². The number of halogens is 3. The molecule has 0 saturated heterocycles. The van der Waals surface area contributed by atoms with E-state index in [4.69, 9.17) is 4.74 Å². The minimum Gasteiger partial charge on any atom is -0.496 e. The number of aromatic amines is 1. The summed E-state index contributed by atoms with van der Waals surface area (Å²) >= 11 is 0. The normalized spacial score (nSPS) is 13.6. The molecule has 5 rings (SSSR count). The number of carboxylic acids is 1. The number of methoxy groups -OCH3 is 1. The molecule has 0 fully saturated rings. The van der Waals surface area contributed by atoms with Crippen molar-refractivity contribution in [1.82, 2.24) is 24.9 Å². The van der Waals surface area contributed by atoms with Crippen LogP contribution in [0.5, 0.6) is 5.75 Å². The predicted molar refractivity (Wildman–Crippen MR) is 131 cm³/mol. The van der Waals surface area contributed by atoms with Crippen molar-refractivity contribution < 1.29 is 32.6 Å². The van der Waals surface area contributed by atoms with E-state index in [1.54, 1.807) is 21.9 Å². The highest BCUT2D eigenvalue weighted by Crippen LogP contribution is 2.40. The van der Waals surface area contributed by atoms with E-state index >= 15 is 4.39 Å². The second kappa shape index (κ2) is 10.0. The lowest BCUT2D eigenvalue weighted by Gasteiger charge is -2.28. The molecule has 196 valence electrons. The third-order valence-corrected chi connectivity index (χ3v) is 6.49. The number of ether oxygens (including phenoxy) is 1. The number of benzene rings is 2. The number of carbonyl (C=O) groups is 2. The Labute approximate surface area is 214 Å². The number of aromatic nitrogens is 4. The van der Waals surface area contributed by atoms with Gasteiger partial charge in [-0.3, -0.25) is 9.48 Å². The monoisotopic (exact) mass is 525 g/mol. The van der Waals surface area contributed by atoms with E-state index in [2.05, 4.69) is 15.3 Å². The molecule has 0 atom stereocenters. The molecule has 0 bridgehead atoms. The van der Waals surface area contributed by atoms with Crippen LogP contribution in [0.2, 0.25) is 0 Å². The Bertz CT molecular complexity index is 1580. The van der Waals surface area contributed by atoms with Gasteiger partial charge in [0.25, 0.3) is 0 Å². The Balaban J connectivity index is 1.57. The fourth-order valence-corrected chi connectivity index (χ4v) is 4.61. The smallest absolute Gasteiger partial charge is 0.352 e. The summed E-state index contributed by atoms with van der Waals surface area (Å²) in [4.78, 5) is 28.7. The minimum absolute atomic E-state index is 0.0108. The molecular weight excluding hydrogens is 503 g/mol. The topological polar surface area (TPSA) is 113 Å². The van der Waals surface area contributed by atoms with Crippen LogP contribution in [0.1, 0.15) is 28.9 Å². The van der Waals surface area contributed by atoms with Gasteiger partial charge in [0.2, 0.25) is 5.91 Å². The number of rotatable bonds is 7. The number of aryl methyl sites for hydroxylation is 1. The van der Waals surface area contributed by atoms with Gasteiger partial charge in [-0.2, -0.15) is 0 Å². The van der Waals surface area contributed by atoms with E-state index < -0.39 is 23.4 Å². The average molecular weight is 525 g/mol. The molecule has 9 nitrogen and oxygen atoms in total. The zero-order valence-electron chi connectivity index (χ0n) is 20.2. The summed E-state index contributed by atoms with van der Waals surface area (Å²) in [5.41, 5.74) is 0.571. The van der Waals surface area contributed by atoms with E-state index in [0.29, 0.717) is 25.1 Å². The number of nitrogens with one attached hydrogen (secondary N) is 1. The van der Waals surface area contributed by atoms with Gasteiger partial charge >= 0.3 is 5.97 Å². The largest absolute Gasteiger partial charge is 0.496 e. The van der Waals surface area contributed by atoms with Gasteiger partial charge in [-0.15, -0.1) is 5.10 Å². The van der Waals surface area contributed by atoms with Crippen LogP contribution in [0, 0.1) is 17.5 Å². The highest BCUT2D eigenvalue weighted by atomic mass is 19.2. The molecule has 0 radical (unpaired) electrons. The summed E-state index contributed by atoms with van der Waals surface area (Å²) in [5.74, 6) is -4.46. The number of nitrogens with zero attached hydrogens (tertiary/aromatic N) is 4. The number of carboxylic acid groups (broad SMARTS) is 1. The van der Waals surface area contributed by atoms with Crippen LogP contribution in [0.3, 0.4) is 0 Å². The molecule has 38 heavy (non-hydrogen) atoms. The van der Waals surface area contributed by atoms with Gasteiger partial charge < -0.3 is 19.7 Å². The predicted octanol–water partition coefficient (Wildman–Crippen LogP) is 4.26. The number of hydrogen-bond acceptors (Lipinski definition) is 5. The summed E-state index contributed by atoms with van der Waals surface area (Å²) in [7, 11) is 1.28. The quantitative estimate of drug-likeness (QED) is 0.373. The van der Waals surface area contributed by atoms with Crippen LogP contribution >= 0.6 is 0 Å². The van der Waals surface area contributed by atoms with E-state index in [9.17, 15) is 23.5 Å². The molecule has 2 aromatic carbocycles. The van der Waals surface area contributed by atoms with Crippen molar-refractivity contribution >= 4 is 28.4 Å². The Morgan fingerprint density at radius 1 is 1.11 bits per heavy atom. The molecule has 12 heteroatoms. The Morgan fingerprint density at radius 3 is 2.61 bits per heavy atom. The second-order valence-corrected chi connectivity index (χ2v) is 8.78. The first kappa shape index (κ1) is 25.1. The van der Waals surface area contributed by atoms with Crippen LogP contribution in [0.25, 0.3) is 27.6 Å². The number of carbonyl (C=O) groups excluding carboxylic acids is 1. The maximum Gasteiger partial charge on any atom is 0.352 e. The molecule has 1 amide bonds. The third-order valence-electron chi connectivity index (χ3n) is 6.49. The summed E-state index contributed by atoms with van der Waals surface area (Å²) < 4.78 is 50.9. The van der Waals surface area contributed by atoms with Crippen LogP contribution in [0.15, 0.2) is 42.7 Å². The Hall–Kier alpha value is -4.61. The molecule has 0 saturated carbocycles. The van der Waals surface area contributed by atoms with Gasteiger partial charge in [-0.05, 0) is 35.8 Å². The number of H-pyrrole nitrogens is 1.